The van der Waals surface area contributed by atoms with Gasteiger partial charge in [-0.15, -0.1) is 0 Å². The fourth-order valence-electron chi connectivity index (χ4n) is 2.57. The third-order valence-corrected chi connectivity index (χ3v) is 4.82. The van der Waals surface area contributed by atoms with E-state index in [1.807, 2.05) is 37.3 Å². The van der Waals surface area contributed by atoms with Gasteiger partial charge in [0.1, 0.15) is 11.4 Å². The summed E-state index contributed by atoms with van der Waals surface area (Å²) < 4.78 is 15.9. The number of rotatable bonds is 5. The number of aliphatic imine (C=N–C) groups is 1. The summed E-state index contributed by atoms with van der Waals surface area (Å²) in [4.78, 5) is 17.4. The number of aryl methyl sites for hydroxylation is 1. The molecule has 0 atom stereocenters. The Morgan fingerprint density at radius 3 is 2.37 bits per heavy atom. The van der Waals surface area contributed by atoms with Gasteiger partial charge in [0.25, 0.3) is 5.91 Å². The SMILES string of the molecule is COc1ccc(C)cc1N=C1NC(=O)/C(=C/c2ccc(OC)c(OC)c2)S1. The topological polar surface area (TPSA) is 69.2 Å². The molecule has 2 aromatic carbocycles. The maximum absolute atomic E-state index is 12.3. The van der Waals surface area contributed by atoms with Crippen LogP contribution >= 0.6 is 11.8 Å². The first kappa shape index (κ1) is 18.8. The lowest BCUT2D eigenvalue weighted by Crippen LogP contribution is -2.19. The average molecular weight is 384 g/mol. The molecule has 140 valence electrons. The Morgan fingerprint density at radius 1 is 0.963 bits per heavy atom. The molecule has 1 fully saturated rings. The minimum absolute atomic E-state index is 0.194. The van der Waals surface area contributed by atoms with Crippen LogP contribution in [0.3, 0.4) is 0 Å². The molecule has 1 amide bonds. The summed E-state index contributed by atoms with van der Waals surface area (Å²) in [5.74, 6) is 1.70. The summed E-state index contributed by atoms with van der Waals surface area (Å²) in [5.41, 5.74) is 2.57. The van der Waals surface area contributed by atoms with Crippen molar-refractivity contribution in [3.63, 3.8) is 0 Å². The highest BCUT2D eigenvalue weighted by atomic mass is 32.2. The van der Waals surface area contributed by atoms with Gasteiger partial charge in [0.05, 0.1) is 26.2 Å². The molecule has 0 unspecified atom stereocenters. The number of hydrogen-bond acceptors (Lipinski definition) is 6. The Hall–Kier alpha value is -2.93. The van der Waals surface area contributed by atoms with Crippen molar-refractivity contribution in [2.75, 3.05) is 21.3 Å². The molecule has 1 N–H and O–H groups in total. The van der Waals surface area contributed by atoms with Crippen LogP contribution in [-0.2, 0) is 4.79 Å². The van der Waals surface area contributed by atoms with Crippen molar-refractivity contribution < 1.29 is 19.0 Å². The fourth-order valence-corrected chi connectivity index (χ4v) is 3.41. The molecular weight excluding hydrogens is 364 g/mol. The van der Waals surface area contributed by atoms with Crippen molar-refractivity contribution in [1.82, 2.24) is 5.32 Å². The van der Waals surface area contributed by atoms with Gasteiger partial charge in [-0.25, -0.2) is 4.99 Å². The molecule has 2 aromatic rings. The maximum atomic E-state index is 12.3. The molecule has 1 aliphatic rings. The number of carbonyl (C=O) groups is 1. The van der Waals surface area contributed by atoms with Crippen LogP contribution in [0, 0.1) is 6.92 Å². The van der Waals surface area contributed by atoms with E-state index in [9.17, 15) is 4.79 Å². The fraction of sp³-hybridized carbons (Fsp3) is 0.200. The lowest BCUT2D eigenvalue weighted by molar-refractivity contribution is -0.115. The zero-order chi connectivity index (χ0) is 19.4. The van der Waals surface area contributed by atoms with E-state index in [2.05, 4.69) is 10.3 Å². The van der Waals surface area contributed by atoms with Crippen molar-refractivity contribution in [3.8, 4) is 17.2 Å². The van der Waals surface area contributed by atoms with Crippen molar-refractivity contribution in [2.24, 2.45) is 4.99 Å². The summed E-state index contributed by atoms with van der Waals surface area (Å²) >= 11 is 1.28. The van der Waals surface area contributed by atoms with Crippen LogP contribution in [0.15, 0.2) is 46.3 Å². The third kappa shape index (κ3) is 4.25. The predicted octanol–water partition coefficient (Wildman–Crippen LogP) is 3.91. The van der Waals surface area contributed by atoms with Crippen LogP contribution in [-0.4, -0.2) is 32.4 Å². The van der Waals surface area contributed by atoms with Gasteiger partial charge < -0.3 is 19.5 Å². The standard InChI is InChI=1S/C20H20N2O4S/c1-12-5-7-15(24-2)14(9-12)21-20-22-19(23)18(27-20)11-13-6-8-16(25-3)17(10-13)26-4/h5-11H,1-4H3,(H,21,22,23)/b18-11-. The Kier molecular flexibility index (Phi) is 5.71. The van der Waals surface area contributed by atoms with Crippen LogP contribution in [0.5, 0.6) is 17.2 Å². The van der Waals surface area contributed by atoms with Gasteiger partial charge >= 0.3 is 0 Å². The molecular formula is C20H20N2O4S. The number of hydrogen-bond donors (Lipinski definition) is 1. The minimum Gasteiger partial charge on any atom is -0.494 e. The molecule has 27 heavy (non-hydrogen) atoms. The lowest BCUT2D eigenvalue weighted by atomic mass is 10.2. The maximum Gasteiger partial charge on any atom is 0.264 e. The normalized spacial score (nSPS) is 16.5. The Morgan fingerprint density at radius 2 is 1.67 bits per heavy atom. The van der Waals surface area contributed by atoms with E-state index in [4.69, 9.17) is 14.2 Å². The van der Waals surface area contributed by atoms with Crippen molar-refractivity contribution in [3.05, 3.63) is 52.4 Å². The summed E-state index contributed by atoms with van der Waals surface area (Å²) in [6, 6.07) is 11.2. The van der Waals surface area contributed by atoms with Gasteiger partial charge in [-0.05, 0) is 60.2 Å². The lowest BCUT2D eigenvalue weighted by Gasteiger charge is -2.07. The van der Waals surface area contributed by atoms with E-state index in [1.54, 1.807) is 33.5 Å². The van der Waals surface area contributed by atoms with Crippen molar-refractivity contribution in [2.45, 2.75) is 6.92 Å². The number of amidine groups is 1. The average Bonchev–Trinajstić information content (AvgIpc) is 3.00. The highest BCUT2D eigenvalue weighted by molar-refractivity contribution is 8.18. The van der Waals surface area contributed by atoms with Crippen molar-refractivity contribution in [1.29, 1.82) is 0 Å². The van der Waals surface area contributed by atoms with Gasteiger partial charge in [0, 0.05) is 0 Å². The van der Waals surface area contributed by atoms with Crippen LogP contribution in [0.1, 0.15) is 11.1 Å². The highest BCUT2D eigenvalue weighted by Crippen LogP contribution is 2.34. The van der Waals surface area contributed by atoms with Gasteiger partial charge in [-0.1, -0.05) is 12.1 Å². The number of nitrogens with zero attached hydrogens (tertiary/aromatic N) is 1. The monoisotopic (exact) mass is 384 g/mol. The van der Waals surface area contributed by atoms with E-state index in [0.29, 0.717) is 33.0 Å². The second-order valence-electron chi connectivity index (χ2n) is 5.77. The van der Waals surface area contributed by atoms with Gasteiger partial charge in [-0.2, -0.15) is 0 Å². The number of benzene rings is 2. The molecule has 0 radical (unpaired) electrons. The molecule has 3 rings (SSSR count). The van der Waals surface area contributed by atoms with Gasteiger partial charge in [-0.3, -0.25) is 4.79 Å². The van der Waals surface area contributed by atoms with Crippen molar-refractivity contribution >= 4 is 34.6 Å². The largest absolute Gasteiger partial charge is 0.494 e. The highest BCUT2D eigenvalue weighted by Gasteiger charge is 2.24. The first-order valence-electron chi connectivity index (χ1n) is 8.20. The first-order valence-corrected chi connectivity index (χ1v) is 9.02. The first-order chi connectivity index (χ1) is 13.0. The predicted molar refractivity (Wildman–Crippen MR) is 108 cm³/mol. The zero-order valence-corrected chi connectivity index (χ0v) is 16.3. The molecule has 0 saturated carbocycles. The second-order valence-corrected chi connectivity index (χ2v) is 6.80. The zero-order valence-electron chi connectivity index (χ0n) is 15.5. The Bertz CT molecular complexity index is 938. The molecule has 0 aliphatic carbocycles. The minimum atomic E-state index is -0.194. The van der Waals surface area contributed by atoms with Gasteiger partial charge in [0.15, 0.2) is 16.7 Å². The number of methoxy groups -OCH3 is 3. The van der Waals surface area contributed by atoms with E-state index in [-0.39, 0.29) is 5.91 Å². The quantitative estimate of drug-likeness (QED) is 0.792. The number of amides is 1. The molecule has 0 spiro atoms. The number of nitrogens with one attached hydrogen (secondary N) is 1. The molecule has 1 saturated heterocycles. The number of ether oxygens (including phenoxy) is 3. The smallest absolute Gasteiger partial charge is 0.264 e. The number of carbonyl (C=O) groups excluding carboxylic acids is 1. The summed E-state index contributed by atoms with van der Waals surface area (Å²) in [5, 5.41) is 3.30. The summed E-state index contributed by atoms with van der Waals surface area (Å²) in [6.45, 7) is 1.98. The molecule has 6 nitrogen and oxygen atoms in total. The van der Waals surface area contributed by atoms with Crippen LogP contribution in [0.25, 0.3) is 6.08 Å². The van der Waals surface area contributed by atoms with E-state index in [0.717, 1.165) is 11.1 Å². The number of thioether (sulfide) groups is 1. The molecule has 0 bridgehead atoms. The third-order valence-electron chi connectivity index (χ3n) is 3.91. The Balaban J connectivity index is 1.88. The van der Waals surface area contributed by atoms with Crippen LogP contribution in [0.2, 0.25) is 0 Å². The summed E-state index contributed by atoms with van der Waals surface area (Å²) in [6.07, 6.45) is 1.79. The Labute approximate surface area is 162 Å². The van der Waals surface area contributed by atoms with E-state index in [1.165, 1.54) is 11.8 Å². The van der Waals surface area contributed by atoms with E-state index >= 15 is 0 Å². The molecule has 0 aromatic heterocycles. The summed E-state index contributed by atoms with van der Waals surface area (Å²) in [7, 11) is 4.75. The molecule has 7 heteroatoms. The van der Waals surface area contributed by atoms with E-state index < -0.39 is 0 Å². The molecule has 1 heterocycles. The van der Waals surface area contributed by atoms with Gasteiger partial charge in [0.2, 0.25) is 0 Å². The molecule has 1 aliphatic heterocycles. The van der Waals surface area contributed by atoms with Crippen LogP contribution < -0.4 is 19.5 Å². The van der Waals surface area contributed by atoms with Crippen LogP contribution in [0.4, 0.5) is 5.69 Å². The second kappa shape index (κ2) is 8.18.